The van der Waals surface area contributed by atoms with Gasteiger partial charge < -0.3 is 15.4 Å². The van der Waals surface area contributed by atoms with Gasteiger partial charge in [0, 0.05) is 6.54 Å². The van der Waals surface area contributed by atoms with E-state index in [0.717, 1.165) is 10.5 Å². The van der Waals surface area contributed by atoms with Crippen LogP contribution in [-0.4, -0.2) is 42.4 Å². The zero-order chi connectivity index (χ0) is 21.7. The van der Waals surface area contributed by atoms with Gasteiger partial charge in [0.15, 0.2) is 0 Å². The third kappa shape index (κ3) is 4.73. The van der Waals surface area contributed by atoms with E-state index in [1.54, 1.807) is 0 Å². The molecule has 0 bridgehead atoms. The van der Waals surface area contributed by atoms with Gasteiger partial charge in [0.1, 0.15) is 17.8 Å². The molecule has 1 saturated heterocycles. The number of alkyl halides is 2. The Bertz CT molecular complexity index is 922. The molecule has 0 aliphatic carbocycles. The third-order valence-corrected chi connectivity index (χ3v) is 4.81. The molecule has 0 radical (unpaired) electrons. The second-order valence-corrected chi connectivity index (χ2v) is 6.93. The SMILES string of the molecule is CC1(c2ccc(OC(F)F)cc2)NC(=O)N(CC(=O)NCCc2ccccc2)C1=O. The number of carbonyl (C=O) groups is 3. The Hall–Kier alpha value is -3.49. The summed E-state index contributed by atoms with van der Waals surface area (Å²) in [6, 6.07) is 14.3. The number of nitrogens with zero attached hydrogens (tertiary/aromatic N) is 1. The fourth-order valence-electron chi connectivity index (χ4n) is 3.20. The molecule has 3 rings (SSSR count). The van der Waals surface area contributed by atoms with Crippen LogP contribution in [0.5, 0.6) is 5.75 Å². The molecule has 158 valence electrons. The van der Waals surface area contributed by atoms with E-state index in [0.29, 0.717) is 18.5 Å². The van der Waals surface area contributed by atoms with Crippen molar-refractivity contribution in [3.63, 3.8) is 0 Å². The van der Waals surface area contributed by atoms with Crippen LogP contribution in [0.3, 0.4) is 0 Å². The van der Waals surface area contributed by atoms with Gasteiger partial charge in [0.05, 0.1) is 0 Å². The summed E-state index contributed by atoms with van der Waals surface area (Å²) in [6.45, 7) is -1.52. The monoisotopic (exact) mass is 417 g/mol. The Balaban J connectivity index is 1.60. The van der Waals surface area contributed by atoms with Gasteiger partial charge in [0.25, 0.3) is 5.91 Å². The van der Waals surface area contributed by atoms with Gasteiger partial charge in [-0.25, -0.2) is 4.79 Å². The summed E-state index contributed by atoms with van der Waals surface area (Å²) in [4.78, 5) is 38.2. The summed E-state index contributed by atoms with van der Waals surface area (Å²) in [5.74, 6) is -1.13. The highest BCUT2D eigenvalue weighted by atomic mass is 19.3. The van der Waals surface area contributed by atoms with Crippen molar-refractivity contribution >= 4 is 17.8 Å². The van der Waals surface area contributed by atoms with Crippen LogP contribution in [0.15, 0.2) is 54.6 Å². The Morgan fingerprint density at radius 2 is 1.80 bits per heavy atom. The van der Waals surface area contributed by atoms with Crippen molar-refractivity contribution in [3.8, 4) is 5.75 Å². The average Bonchev–Trinajstić information content (AvgIpc) is 2.93. The van der Waals surface area contributed by atoms with E-state index >= 15 is 0 Å². The topological polar surface area (TPSA) is 87.7 Å². The number of hydrogen-bond acceptors (Lipinski definition) is 4. The molecule has 2 N–H and O–H groups in total. The first-order chi connectivity index (χ1) is 14.3. The minimum Gasteiger partial charge on any atom is -0.435 e. The van der Waals surface area contributed by atoms with Crippen molar-refractivity contribution in [2.45, 2.75) is 25.5 Å². The number of benzene rings is 2. The second kappa shape index (κ2) is 8.89. The largest absolute Gasteiger partial charge is 0.435 e. The van der Waals surface area contributed by atoms with Gasteiger partial charge in [0.2, 0.25) is 5.91 Å². The van der Waals surface area contributed by atoms with E-state index in [-0.39, 0.29) is 5.75 Å². The lowest BCUT2D eigenvalue weighted by Crippen LogP contribution is -2.43. The normalized spacial score (nSPS) is 18.5. The minimum absolute atomic E-state index is 0.0660. The van der Waals surface area contributed by atoms with E-state index in [4.69, 9.17) is 0 Å². The molecule has 1 unspecified atom stereocenters. The Labute approximate surface area is 172 Å². The molecule has 1 heterocycles. The second-order valence-electron chi connectivity index (χ2n) is 6.93. The van der Waals surface area contributed by atoms with Crippen LogP contribution >= 0.6 is 0 Å². The number of urea groups is 1. The summed E-state index contributed by atoms with van der Waals surface area (Å²) < 4.78 is 28.9. The molecule has 0 spiro atoms. The Morgan fingerprint density at radius 1 is 1.13 bits per heavy atom. The standard InChI is InChI=1S/C21H21F2N3O4/c1-21(15-7-9-16(10-8-15)30-19(22)23)18(28)26(20(29)25-21)13-17(27)24-12-11-14-5-3-2-4-6-14/h2-10,19H,11-13H2,1H3,(H,24,27)(H,25,29). The Morgan fingerprint density at radius 3 is 2.43 bits per heavy atom. The predicted octanol–water partition coefficient (Wildman–Crippen LogP) is 2.41. The summed E-state index contributed by atoms with van der Waals surface area (Å²) in [6.07, 6.45) is 0.622. The van der Waals surface area contributed by atoms with Crippen molar-refractivity contribution in [2.75, 3.05) is 13.1 Å². The first-order valence-corrected chi connectivity index (χ1v) is 9.29. The molecule has 7 nitrogen and oxygen atoms in total. The van der Waals surface area contributed by atoms with Crippen molar-refractivity contribution in [1.29, 1.82) is 0 Å². The summed E-state index contributed by atoms with van der Waals surface area (Å²) in [7, 11) is 0. The van der Waals surface area contributed by atoms with Crippen LogP contribution < -0.4 is 15.4 Å². The lowest BCUT2D eigenvalue weighted by Gasteiger charge is -2.22. The molecule has 30 heavy (non-hydrogen) atoms. The predicted molar refractivity (Wildman–Crippen MR) is 104 cm³/mol. The number of ether oxygens (including phenoxy) is 1. The van der Waals surface area contributed by atoms with E-state index < -0.39 is 36.5 Å². The van der Waals surface area contributed by atoms with Crippen LogP contribution in [0.2, 0.25) is 0 Å². The molecule has 0 saturated carbocycles. The highest BCUT2D eigenvalue weighted by molar-refractivity contribution is 6.09. The molecule has 1 fully saturated rings. The molecule has 4 amide bonds. The molecule has 1 aliphatic rings. The lowest BCUT2D eigenvalue weighted by molar-refractivity contribution is -0.134. The van der Waals surface area contributed by atoms with Crippen LogP contribution in [0.25, 0.3) is 0 Å². The number of carbonyl (C=O) groups excluding carboxylic acids is 3. The Kier molecular flexibility index (Phi) is 6.29. The van der Waals surface area contributed by atoms with Gasteiger partial charge in [-0.05, 0) is 36.6 Å². The van der Waals surface area contributed by atoms with E-state index in [1.807, 2.05) is 30.3 Å². The maximum Gasteiger partial charge on any atom is 0.387 e. The van der Waals surface area contributed by atoms with Gasteiger partial charge in [-0.2, -0.15) is 8.78 Å². The van der Waals surface area contributed by atoms with Gasteiger partial charge in [-0.15, -0.1) is 0 Å². The third-order valence-electron chi connectivity index (χ3n) is 4.81. The number of nitrogens with one attached hydrogen (secondary N) is 2. The molecule has 2 aromatic carbocycles. The van der Waals surface area contributed by atoms with Gasteiger partial charge in [-0.3, -0.25) is 14.5 Å². The zero-order valence-corrected chi connectivity index (χ0v) is 16.2. The number of rotatable bonds is 8. The summed E-state index contributed by atoms with van der Waals surface area (Å²) >= 11 is 0. The van der Waals surface area contributed by atoms with E-state index in [9.17, 15) is 23.2 Å². The summed E-state index contributed by atoms with van der Waals surface area (Å²) in [5, 5.41) is 5.25. The quantitative estimate of drug-likeness (QED) is 0.646. The number of hydrogen-bond donors (Lipinski definition) is 2. The van der Waals surface area contributed by atoms with Crippen molar-refractivity contribution in [1.82, 2.24) is 15.5 Å². The molecule has 1 atom stereocenters. The van der Waals surface area contributed by atoms with Crippen LogP contribution in [-0.2, 0) is 21.5 Å². The molecule has 1 aliphatic heterocycles. The van der Waals surface area contributed by atoms with Gasteiger partial charge >= 0.3 is 12.6 Å². The van der Waals surface area contributed by atoms with E-state index in [1.165, 1.54) is 31.2 Å². The van der Waals surface area contributed by atoms with Crippen LogP contribution in [0, 0.1) is 0 Å². The molecular weight excluding hydrogens is 396 g/mol. The van der Waals surface area contributed by atoms with Gasteiger partial charge in [-0.1, -0.05) is 42.5 Å². The van der Waals surface area contributed by atoms with E-state index in [2.05, 4.69) is 15.4 Å². The fourth-order valence-corrected chi connectivity index (χ4v) is 3.20. The average molecular weight is 417 g/mol. The van der Waals surface area contributed by atoms with Crippen molar-refractivity contribution in [2.24, 2.45) is 0 Å². The highest BCUT2D eigenvalue weighted by Crippen LogP contribution is 2.30. The first kappa shape index (κ1) is 21.2. The highest BCUT2D eigenvalue weighted by Gasteiger charge is 2.49. The number of amides is 4. The fraction of sp³-hybridized carbons (Fsp3) is 0.286. The molecular formula is C21H21F2N3O4. The lowest BCUT2D eigenvalue weighted by atomic mass is 9.92. The molecule has 2 aromatic rings. The summed E-state index contributed by atoms with van der Waals surface area (Å²) in [5.41, 5.74) is 0.0270. The first-order valence-electron chi connectivity index (χ1n) is 9.29. The smallest absolute Gasteiger partial charge is 0.387 e. The van der Waals surface area contributed by atoms with Crippen molar-refractivity contribution < 1.29 is 27.9 Å². The van der Waals surface area contributed by atoms with Crippen LogP contribution in [0.1, 0.15) is 18.1 Å². The number of halogens is 2. The number of imide groups is 1. The maximum atomic E-state index is 12.8. The minimum atomic E-state index is -2.96. The van der Waals surface area contributed by atoms with Crippen molar-refractivity contribution in [3.05, 3.63) is 65.7 Å². The molecule has 9 heteroatoms. The molecule has 0 aromatic heterocycles. The zero-order valence-electron chi connectivity index (χ0n) is 16.2. The maximum absolute atomic E-state index is 12.8. The van der Waals surface area contributed by atoms with Crippen LogP contribution in [0.4, 0.5) is 13.6 Å².